The molecule has 1 saturated heterocycles. The molecule has 1 aromatic rings. The lowest BCUT2D eigenvalue weighted by molar-refractivity contribution is -0.141. The topological polar surface area (TPSA) is 58.6 Å². The molecule has 0 atom stereocenters. The Balaban J connectivity index is 2.05. The van der Waals surface area contributed by atoms with Gasteiger partial charge in [-0.3, -0.25) is 0 Å². The standard InChI is InChI=1S/C15H21F3N4O2/c1-14(2,3)24-13(23)22-8-4-7-21(9-10-22)12-19-6-5-11(20-12)15(16,17)18/h5-6H,4,7-10H2,1-3H3. The van der Waals surface area contributed by atoms with Crippen molar-refractivity contribution in [3.05, 3.63) is 18.0 Å². The summed E-state index contributed by atoms with van der Waals surface area (Å²) in [7, 11) is 0. The molecule has 0 aliphatic carbocycles. The predicted octanol–water partition coefficient (Wildman–Crippen LogP) is 2.94. The molecule has 24 heavy (non-hydrogen) atoms. The van der Waals surface area contributed by atoms with Crippen LogP contribution in [0.1, 0.15) is 32.9 Å². The number of ether oxygens (including phenoxy) is 1. The Bertz CT molecular complexity index is 587. The van der Waals surface area contributed by atoms with E-state index in [1.807, 2.05) is 0 Å². The molecule has 134 valence electrons. The van der Waals surface area contributed by atoms with Crippen LogP contribution in [0.4, 0.5) is 23.9 Å². The van der Waals surface area contributed by atoms with Crippen LogP contribution in [-0.2, 0) is 10.9 Å². The number of amides is 1. The first-order valence-electron chi connectivity index (χ1n) is 7.69. The molecule has 1 aliphatic rings. The molecule has 1 fully saturated rings. The third kappa shape index (κ3) is 4.97. The van der Waals surface area contributed by atoms with Crippen LogP contribution in [-0.4, -0.2) is 52.7 Å². The molecule has 2 rings (SSSR count). The summed E-state index contributed by atoms with van der Waals surface area (Å²) in [5, 5.41) is 0. The van der Waals surface area contributed by atoms with Crippen molar-refractivity contribution in [3.63, 3.8) is 0 Å². The zero-order valence-electron chi connectivity index (χ0n) is 13.9. The number of anilines is 1. The molecule has 0 aromatic carbocycles. The summed E-state index contributed by atoms with van der Waals surface area (Å²) in [6.07, 6.45) is -3.23. The molecule has 0 unspecified atom stereocenters. The van der Waals surface area contributed by atoms with Crippen molar-refractivity contribution in [2.75, 3.05) is 31.1 Å². The van der Waals surface area contributed by atoms with Crippen LogP contribution in [0.5, 0.6) is 0 Å². The average molecular weight is 346 g/mol. The van der Waals surface area contributed by atoms with Gasteiger partial charge in [0.25, 0.3) is 0 Å². The lowest BCUT2D eigenvalue weighted by Crippen LogP contribution is -2.39. The van der Waals surface area contributed by atoms with Crippen LogP contribution in [0.15, 0.2) is 12.3 Å². The Labute approximate surface area is 138 Å². The fourth-order valence-electron chi connectivity index (χ4n) is 2.29. The number of alkyl halides is 3. The van der Waals surface area contributed by atoms with E-state index >= 15 is 0 Å². The molecule has 6 nitrogen and oxygen atoms in total. The van der Waals surface area contributed by atoms with Gasteiger partial charge in [-0.25, -0.2) is 14.8 Å². The predicted molar refractivity (Wildman–Crippen MR) is 81.7 cm³/mol. The zero-order chi connectivity index (χ0) is 18.0. The Morgan fingerprint density at radius 3 is 2.50 bits per heavy atom. The molecule has 1 aliphatic heterocycles. The van der Waals surface area contributed by atoms with Gasteiger partial charge in [0.2, 0.25) is 5.95 Å². The van der Waals surface area contributed by atoms with Crippen molar-refractivity contribution in [2.24, 2.45) is 0 Å². The van der Waals surface area contributed by atoms with Gasteiger partial charge in [-0.1, -0.05) is 0 Å². The van der Waals surface area contributed by atoms with Crippen molar-refractivity contribution in [2.45, 2.75) is 39.0 Å². The van der Waals surface area contributed by atoms with Crippen molar-refractivity contribution in [3.8, 4) is 0 Å². The molecule has 9 heteroatoms. The van der Waals surface area contributed by atoms with E-state index in [1.54, 1.807) is 30.6 Å². The van der Waals surface area contributed by atoms with Gasteiger partial charge >= 0.3 is 12.3 Å². The van der Waals surface area contributed by atoms with Crippen molar-refractivity contribution in [1.82, 2.24) is 14.9 Å². The van der Waals surface area contributed by atoms with E-state index in [-0.39, 0.29) is 5.95 Å². The zero-order valence-corrected chi connectivity index (χ0v) is 13.9. The summed E-state index contributed by atoms with van der Waals surface area (Å²) >= 11 is 0. The molecule has 2 heterocycles. The van der Waals surface area contributed by atoms with Gasteiger partial charge in [0, 0.05) is 32.4 Å². The molecule has 0 radical (unpaired) electrons. The fraction of sp³-hybridized carbons (Fsp3) is 0.667. The Morgan fingerprint density at radius 2 is 1.88 bits per heavy atom. The monoisotopic (exact) mass is 346 g/mol. The van der Waals surface area contributed by atoms with Gasteiger partial charge in [-0.2, -0.15) is 13.2 Å². The second-order valence-electron chi connectivity index (χ2n) is 6.55. The van der Waals surface area contributed by atoms with E-state index in [0.29, 0.717) is 32.6 Å². The fourth-order valence-corrected chi connectivity index (χ4v) is 2.29. The lowest BCUT2D eigenvalue weighted by atomic mass is 10.2. The summed E-state index contributed by atoms with van der Waals surface area (Å²) < 4.78 is 43.6. The maximum absolute atomic E-state index is 12.8. The maximum atomic E-state index is 12.8. The SMILES string of the molecule is CC(C)(C)OC(=O)N1CCCN(c2nccc(C(F)(F)F)n2)CC1. The minimum atomic E-state index is -4.51. The van der Waals surface area contributed by atoms with Gasteiger partial charge in [0.1, 0.15) is 11.3 Å². The first-order valence-corrected chi connectivity index (χ1v) is 7.69. The Hall–Kier alpha value is -2.06. The summed E-state index contributed by atoms with van der Waals surface area (Å²) in [4.78, 5) is 22.8. The lowest BCUT2D eigenvalue weighted by Gasteiger charge is -2.26. The van der Waals surface area contributed by atoms with Gasteiger partial charge in [0.15, 0.2) is 0 Å². The second-order valence-corrected chi connectivity index (χ2v) is 6.55. The Morgan fingerprint density at radius 1 is 1.17 bits per heavy atom. The minimum absolute atomic E-state index is 0.0239. The third-order valence-corrected chi connectivity index (χ3v) is 3.36. The summed E-state index contributed by atoms with van der Waals surface area (Å²) in [5.74, 6) is 0.0239. The number of rotatable bonds is 1. The Kier molecular flexibility index (Phi) is 5.19. The molecule has 1 aromatic heterocycles. The first kappa shape index (κ1) is 18.3. The molecular weight excluding hydrogens is 325 g/mol. The summed E-state index contributed by atoms with van der Waals surface area (Å²) in [6.45, 7) is 6.99. The van der Waals surface area contributed by atoms with Crippen molar-refractivity contribution in [1.29, 1.82) is 0 Å². The molecule has 0 bridgehead atoms. The van der Waals surface area contributed by atoms with Crippen molar-refractivity contribution >= 4 is 12.0 Å². The smallest absolute Gasteiger partial charge is 0.433 e. The number of hydrogen-bond acceptors (Lipinski definition) is 5. The number of aromatic nitrogens is 2. The van der Waals surface area contributed by atoms with E-state index in [4.69, 9.17) is 4.74 Å². The van der Waals surface area contributed by atoms with Crippen LogP contribution < -0.4 is 4.90 Å². The quantitative estimate of drug-likeness (QED) is 0.782. The van der Waals surface area contributed by atoms with Crippen LogP contribution in [0.25, 0.3) is 0 Å². The first-order chi connectivity index (χ1) is 11.1. The average Bonchev–Trinajstić information content (AvgIpc) is 2.70. The van der Waals surface area contributed by atoms with E-state index in [9.17, 15) is 18.0 Å². The van der Waals surface area contributed by atoms with Crippen LogP contribution in [0.3, 0.4) is 0 Å². The second kappa shape index (κ2) is 6.82. The normalized spacial score (nSPS) is 16.8. The summed E-state index contributed by atoms with van der Waals surface area (Å²) in [6, 6.07) is 0.842. The largest absolute Gasteiger partial charge is 0.444 e. The van der Waals surface area contributed by atoms with Gasteiger partial charge in [-0.05, 0) is 33.3 Å². The number of halogens is 3. The van der Waals surface area contributed by atoms with Crippen LogP contribution >= 0.6 is 0 Å². The highest BCUT2D eigenvalue weighted by molar-refractivity contribution is 5.68. The maximum Gasteiger partial charge on any atom is 0.433 e. The number of carbonyl (C=O) groups excluding carboxylic acids is 1. The highest BCUT2D eigenvalue weighted by atomic mass is 19.4. The molecule has 0 N–H and O–H groups in total. The molecular formula is C15H21F3N4O2. The van der Waals surface area contributed by atoms with E-state index in [0.717, 1.165) is 12.3 Å². The number of carbonyl (C=O) groups is 1. The van der Waals surface area contributed by atoms with Crippen LogP contribution in [0.2, 0.25) is 0 Å². The van der Waals surface area contributed by atoms with E-state index < -0.39 is 23.6 Å². The highest BCUT2D eigenvalue weighted by Crippen LogP contribution is 2.28. The third-order valence-electron chi connectivity index (χ3n) is 3.36. The minimum Gasteiger partial charge on any atom is -0.444 e. The summed E-state index contributed by atoms with van der Waals surface area (Å²) in [5.41, 5.74) is -1.56. The van der Waals surface area contributed by atoms with Gasteiger partial charge in [0.05, 0.1) is 0 Å². The molecule has 0 spiro atoms. The molecule has 1 amide bonds. The van der Waals surface area contributed by atoms with Gasteiger partial charge < -0.3 is 14.5 Å². The van der Waals surface area contributed by atoms with Crippen molar-refractivity contribution < 1.29 is 22.7 Å². The van der Waals surface area contributed by atoms with Gasteiger partial charge in [-0.15, -0.1) is 0 Å². The number of hydrogen-bond donors (Lipinski definition) is 0. The van der Waals surface area contributed by atoms with E-state index in [1.165, 1.54) is 0 Å². The van der Waals surface area contributed by atoms with E-state index in [2.05, 4.69) is 9.97 Å². The number of nitrogens with zero attached hydrogens (tertiary/aromatic N) is 4. The highest BCUT2D eigenvalue weighted by Gasteiger charge is 2.33. The molecule has 0 saturated carbocycles. The van der Waals surface area contributed by atoms with Crippen LogP contribution in [0, 0.1) is 0 Å².